The van der Waals surface area contributed by atoms with Crippen molar-refractivity contribution in [2.75, 3.05) is 26.2 Å². The Bertz CT molecular complexity index is 383. The fourth-order valence-corrected chi connectivity index (χ4v) is 1.70. The maximum atomic E-state index is 8.42. The molecule has 1 fully saturated rings. The number of rotatable bonds is 3. The Hall–Kier alpha value is -2.04. The molecule has 0 unspecified atom stereocenters. The normalized spacial score (nSPS) is 17.2. The van der Waals surface area contributed by atoms with Gasteiger partial charge in [0.2, 0.25) is 0 Å². The highest BCUT2D eigenvalue weighted by atomic mass is 16.4. The van der Waals surface area contributed by atoms with Gasteiger partial charge in [0.25, 0.3) is 0 Å². The van der Waals surface area contributed by atoms with Crippen LogP contribution >= 0.6 is 0 Å². The molecular formula is C12H16N4O. The molecule has 0 spiro atoms. The Balaban J connectivity index is 1.84. The van der Waals surface area contributed by atoms with E-state index >= 15 is 0 Å². The van der Waals surface area contributed by atoms with Crippen LogP contribution in [0.4, 0.5) is 0 Å². The first-order valence-corrected chi connectivity index (χ1v) is 5.64. The fourth-order valence-electron chi connectivity index (χ4n) is 1.70. The highest BCUT2D eigenvalue weighted by molar-refractivity contribution is 5.79. The summed E-state index contributed by atoms with van der Waals surface area (Å²) in [5.41, 5.74) is 1.10. The van der Waals surface area contributed by atoms with Crippen molar-refractivity contribution >= 4 is 12.6 Å². The average molecular weight is 232 g/mol. The number of hydrazone groups is 1. The van der Waals surface area contributed by atoms with Crippen LogP contribution in [0.15, 0.2) is 40.6 Å². The summed E-state index contributed by atoms with van der Waals surface area (Å²) >= 11 is 0. The summed E-state index contributed by atoms with van der Waals surface area (Å²) in [5, 5.41) is 17.9. The van der Waals surface area contributed by atoms with E-state index in [9.17, 15) is 0 Å². The molecule has 1 N–H and O–H groups in total. The van der Waals surface area contributed by atoms with Gasteiger partial charge in [-0.3, -0.25) is 5.01 Å². The van der Waals surface area contributed by atoms with Gasteiger partial charge in [-0.25, -0.2) is 0 Å². The van der Waals surface area contributed by atoms with Crippen LogP contribution < -0.4 is 0 Å². The minimum atomic E-state index is 0.830. The lowest BCUT2D eigenvalue weighted by Gasteiger charge is -2.31. The SMILES string of the molecule is ON=CN1CCN(N=Cc2ccccc2)CC1. The highest BCUT2D eigenvalue weighted by Gasteiger charge is 2.12. The minimum Gasteiger partial charge on any atom is -0.410 e. The number of hydrogen-bond donors (Lipinski definition) is 1. The van der Waals surface area contributed by atoms with E-state index in [1.54, 1.807) is 0 Å². The Labute approximate surface area is 101 Å². The molecule has 0 bridgehead atoms. The molecule has 5 heteroatoms. The molecular weight excluding hydrogens is 216 g/mol. The first kappa shape index (κ1) is 11.4. The molecule has 0 aliphatic carbocycles. The van der Waals surface area contributed by atoms with Crippen LogP contribution in [0.2, 0.25) is 0 Å². The van der Waals surface area contributed by atoms with Crippen molar-refractivity contribution in [2.24, 2.45) is 10.3 Å². The van der Waals surface area contributed by atoms with Gasteiger partial charge in [0.1, 0.15) is 6.34 Å². The van der Waals surface area contributed by atoms with Crippen LogP contribution in [0.25, 0.3) is 0 Å². The van der Waals surface area contributed by atoms with Crippen molar-refractivity contribution in [1.29, 1.82) is 0 Å². The molecule has 1 aliphatic rings. The van der Waals surface area contributed by atoms with E-state index in [0.29, 0.717) is 0 Å². The molecule has 0 atom stereocenters. The van der Waals surface area contributed by atoms with Crippen molar-refractivity contribution in [2.45, 2.75) is 0 Å². The maximum absolute atomic E-state index is 8.42. The van der Waals surface area contributed by atoms with Gasteiger partial charge < -0.3 is 10.1 Å². The third-order valence-electron chi connectivity index (χ3n) is 2.68. The van der Waals surface area contributed by atoms with E-state index in [-0.39, 0.29) is 0 Å². The smallest absolute Gasteiger partial charge is 0.130 e. The highest BCUT2D eigenvalue weighted by Crippen LogP contribution is 2.01. The van der Waals surface area contributed by atoms with Crippen molar-refractivity contribution in [3.8, 4) is 0 Å². The van der Waals surface area contributed by atoms with E-state index in [1.807, 2.05) is 46.5 Å². The van der Waals surface area contributed by atoms with Crippen LogP contribution in [0.5, 0.6) is 0 Å². The summed E-state index contributed by atoms with van der Waals surface area (Å²) in [4.78, 5) is 1.97. The maximum Gasteiger partial charge on any atom is 0.130 e. The molecule has 0 saturated carbocycles. The molecule has 2 rings (SSSR count). The molecule has 0 aromatic heterocycles. The fraction of sp³-hybridized carbons (Fsp3) is 0.333. The van der Waals surface area contributed by atoms with Crippen molar-refractivity contribution in [3.63, 3.8) is 0 Å². The summed E-state index contributed by atoms with van der Waals surface area (Å²) in [7, 11) is 0. The van der Waals surface area contributed by atoms with Gasteiger partial charge in [0, 0.05) is 13.1 Å². The van der Waals surface area contributed by atoms with Crippen LogP contribution in [0.3, 0.4) is 0 Å². The van der Waals surface area contributed by atoms with Gasteiger partial charge in [0.15, 0.2) is 0 Å². The number of hydrogen-bond acceptors (Lipinski definition) is 4. The molecule has 17 heavy (non-hydrogen) atoms. The summed E-state index contributed by atoms with van der Waals surface area (Å²) in [6.07, 6.45) is 3.33. The van der Waals surface area contributed by atoms with Crippen LogP contribution in [-0.2, 0) is 0 Å². The van der Waals surface area contributed by atoms with Gasteiger partial charge in [-0.1, -0.05) is 35.5 Å². The zero-order valence-corrected chi connectivity index (χ0v) is 9.61. The Morgan fingerprint density at radius 2 is 1.76 bits per heavy atom. The number of oxime groups is 1. The third-order valence-corrected chi connectivity index (χ3v) is 2.68. The van der Waals surface area contributed by atoms with Crippen molar-refractivity contribution < 1.29 is 5.21 Å². The van der Waals surface area contributed by atoms with E-state index in [4.69, 9.17) is 5.21 Å². The second kappa shape index (κ2) is 5.89. The molecule has 0 radical (unpaired) electrons. The van der Waals surface area contributed by atoms with Crippen LogP contribution in [0, 0.1) is 0 Å². The first-order chi connectivity index (χ1) is 8.38. The van der Waals surface area contributed by atoms with Crippen molar-refractivity contribution in [3.05, 3.63) is 35.9 Å². The van der Waals surface area contributed by atoms with Crippen LogP contribution in [0.1, 0.15) is 5.56 Å². The van der Waals surface area contributed by atoms with Gasteiger partial charge in [0.05, 0.1) is 19.3 Å². The predicted octanol–water partition coefficient (Wildman–Crippen LogP) is 1.06. The van der Waals surface area contributed by atoms with Gasteiger partial charge in [-0.15, -0.1) is 0 Å². The summed E-state index contributed by atoms with van der Waals surface area (Å²) < 4.78 is 0. The lowest BCUT2D eigenvalue weighted by molar-refractivity contribution is 0.188. The van der Waals surface area contributed by atoms with Crippen molar-refractivity contribution in [1.82, 2.24) is 9.91 Å². The number of nitrogens with zero attached hydrogens (tertiary/aromatic N) is 4. The van der Waals surface area contributed by atoms with Crippen LogP contribution in [-0.4, -0.2) is 53.8 Å². The molecule has 1 aromatic rings. The molecule has 90 valence electrons. The predicted molar refractivity (Wildman–Crippen MR) is 67.5 cm³/mol. The monoisotopic (exact) mass is 232 g/mol. The second-order valence-electron chi connectivity index (χ2n) is 3.88. The van der Waals surface area contributed by atoms with E-state index < -0.39 is 0 Å². The van der Waals surface area contributed by atoms with Gasteiger partial charge in [-0.05, 0) is 5.56 Å². The number of benzene rings is 1. The summed E-state index contributed by atoms with van der Waals surface area (Å²) in [6.45, 7) is 3.34. The average Bonchev–Trinajstić information content (AvgIpc) is 2.40. The van der Waals surface area contributed by atoms with E-state index in [1.165, 1.54) is 6.34 Å². The summed E-state index contributed by atoms with van der Waals surface area (Å²) in [5.74, 6) is 0. The zero-order chi connectivity index (χ0) is 11.9. The summed E-state index contributed by atoms with van der Waals surface area (Å²) in [6, 6.07) is 10.0. The standard InChI is InChI=1S/C12H16N4O/c17-14-11-15-6-8-16(9-7-15)13-10-12-4-2-1-3-5-12/h1-5,10-11,17H,6-9H2. The topological polar surface area (TPSA) is 51.4 Å². The van der Waals surface area contributed by atoms with E-state index in [2.05, 4.69) is 10.3 Å². The third kappa shape index (κ3) is 3.48. The lowest BCUT2D eigenvalue weighted by atomic mass is 10.2. The molecule has 0 amide bonds. The Kier molecular flexibility index (Phi) is 3.96. The molecule has 5 nitrogen and oxygen atoms in total. The quantitative estimate of drug-likeness (QED) is 0.367. The largest absolute Gasteiger partial charge is 0.410 e. The zero-order valence-electron chi connectivity index (χ0n) is 9.61. The number of piperazine rings is 1. The van der Waals surface area contributed by atoms with Gasteiger partial charge in [-0.2, -0.15) is 5.10 Å². The minimum absolute atomic E-state index is 0.830. The van der Waals surface area contributed by atoms with E-state index in [0.717, 1.165) is 31.7 Å². The molecule has 1 aromatic carbocycles. The lowest BCUT2D eigenvalue weighted by Crippen LogP contribution is -2.43. The molecule has 1 heterocycles. The Morgan fingerprint density at radius 1 is 1.06 bits per heavy atom. The molecule has 1 aliphatic heterocycles. The Morgan fingerprint density at radius 3 is 2.41 bits per heavy atom. The van der Waals surface area contributed by atoms with Gasteiger partial charge >= 0.3 is 0 Å². The first-order valence-electron chi connectivity index (χ1n) is 5.64. The molecule has 1 saturated heterocycles. The second-order valence-corrected chi connectivity index (χ2v) is 3.88.